The van der Waals surface area contributed by atoms with Crippen molar-refractivity contribution in [1.82, 2.24) is 0 Å². The van der Waals surface area contributed by atoms with Crippen LogP contribution in [-0.2, 0) is 4.74 Å². The highest BCUT2D eigenvalue weighted by molar-refractivity contribution is 5.89. The molecule has 0 aliphatic rings. The molecular weight excluding hydrogens is 224 g/mol. The zero-order valence-corrected chi connectivity index (χ0v) is 11.3. The van der Waals surface area contributed by atoms with Gasteiger partial charge in [0.15, 0.2) is 0 Å². The first-order valence-corrected chi connectivity index (χ1v) is 6.22. The number of ether oxygens (including phenoxy) is 1. The van der Waals surface area contributed by atoms with Gasteiger partial charge in [0.25, 0.3) is 0 Å². The topological polar surface area (TPSA) is 26.3 Å². The summed E-state index contributed by atoms with van der Waals surface area (Å²) >= 11 is 0. The van der Waals surface area contributed by atoms with Crippen molar-refractivity contribution < 1.29 is 9.53 Å². The van der Waals surface area contributed by atoms with E-state index in [-0.39, 0.29) is 5.97 Å². The van der Waals surface area contributed by atoms with Crippen molar-refractivity contribution in [2.24, 2.45) is 5.92 Å². The van der Waals surface area contributed by atoms with Crippen LogP contribution < -0.4 is 0 Å². The molecule has 0 aliphatic heterocycles. The number of benzene rings is 1. The normalized spacial score (nSPS) is 9.78. The Morgan fingerprint density at radius 1 is 1.33 bits per heavy atom. The monoisotopic (exact) mass is 244 g/mol. The molecule has 2 heteroatoms. The number of hydrogen-bond acceptors (Lipinski definition) is 2. The van der Waals surface area contributed by atoms with E-state index in [1.165, 1.54) is 0 Å². The fraction of sp³-hybridized carbons (Fsp3) is 0.375. The van der Waals surface area contributed by atoms with Gasteiger partial charge in [-0.05, 0) is 37.5 Å². The molecule has 0 atom stereocenters. The Balaban J connectivity index is 2.46. The SMILES string of the molecule is CC(=C=CCC(C)C)COC(=O)c1ccccc1. The van der Waals surface area contributed by atoms with Gasteiger partial charge in [-0.25, -0.2) is 4.79 Å². The summed E-state index contributed by atoms with van der Waals surface area (Å²) in [5, 5.41) is 0. The fourth-order valence-corrected chi connectivity index (χ4v) is 1.34. The minimum absolute atomic E-state index is 0.291. The Morgan fingerprint density at radius 3 is 2.61 bits per heavy atom. The van der Waals surface area contributed by atoms with Gasteiger partial charge in [0.1, 0.15) is 6.61 Å². The quantitative estimate of drug-likeness (QED) is 0.578. The first kappa shape index (κ1) is 14.3. The van der Waals surface area contributed by atoms with Gasteiger partial charge in [-0.2, -0.15) is 0 Å². The summed E-state index contributed by atoms with van der Waals surface area (Å²) in [6, 6.07) is 9.01. The van der Waals surface area contributed by atoms with E-state index in [0.29, 0.717) is 18.1 Å². The van der Waals surface area contributed by atoms with Gasteiger partial charge in [-0.15, -0.1) is 5.73 Å². The third-order valence-electron chi connectivity index (χ3n) is 2.37. The van der Waals surface area contributed by atoms with E-state index in [4.69, 9.17) is 4.74 Å². The van der Waals surface area contributed by atoms with Crippen molar-refractivity contribution in [2.45, 2.75) is 27.2 Å². The first-order chi connectivity index (χ1) is 8.59. The Morgan fingerprint density at radius 2 is 2.00 bits per heavy atom. The molecule has 0 radical (unpaired) electrons. The molecule has 0 bridgehead atoms. The molecule has 0 unspecified atom stereocenters. The third kappa shape index (κ3) is 5.51. The maximum absolute atomic E-state index is 11.7. The van der Waals surface area contributed by atoms with Crippen LogP contribution in [0.1, 0.15) is 37.6 Å². The van der Waals surface area contributed by atoms with E-state index in [0.717, 1.165) is 12.0 Å². The Bertz CT molecular complexity index is 437. The lowest BCUT2D eigenvalue weighted by atomic mass is 10.1. The Hall–Kier alpha value is -1.79. The third-order valence-corrected chi connectivity index (χ3v) is 2.37. The molecule has 2 nitrogen and oxygen atoms in total. The number of carbonyl (C=O) groups excluding carboxylic acids is 1. The van der Waals surface area contributed by atoms with E-state index in [9.17, 15) is 4.79 Å². The molecule has 0 fully saturated rings. The van der Waals surface area contributed by atoms with Gasteiger partial charge < -0.3 is 4.74 Å². The molecule has 0 saturated heterocycles. The zero-order valence-electron chi connectivity index (χ0n) is 11.3. The Kier molecular flexibility index (Phi) is 5.96. The average Bonchev–Trinajstić information content (AvgIpc) is 2.36. The number of hydrogen-bond donors (Lipinski definition) is 0. The van der Waals surface area contributed by atoms with E-state index < -0.39 is 0 Å². The highest BCUT2D eigenvalue weighted by atomic mass is 16.5. The molecule has 0 aliphatic carbocycles. The van der Waals surface area contributed by atoms with E-state index in [2.05, 4.69) is 19.6 Å². The maximum Gasteiger partial charge on any atom is 0.338 e. The molecule has 18 heavy (non-hydrogen) atoms. The molecule has 1 aromatic rings. The van der Waals surface area contributed by atoms with Gasteiger partial charge in [0.2, 0.25) is 0 Å². The molecule has 96 valence electrons. The van der Waals surface area contributed by atoms with E-state index in [1.807, 2.05) is 31.2 Å². The molecule has 0 amide bonds. The second-order valence-corrected chi connectivity index (χ2v) is 4.70. The standard InChI is InChI=1S/C16H20O2/c1-13(2)8-7-9-14(3)12-18-16(17)15-10-5-4-6-11-15/h4-7,10-11,13H,8,12H2,1-3H3. The lowest BCUT2D eigenvalue weighted by molar-refractivity contribution is 0.0540. The van der Waals surface area contributed by atoms with Crippen molar-refractivity contribution in [2.75, 3.05) is 6.61 Å². The smallest absolute Gasteiger partial charge is 0.338 e. The molecule has 0 heterocycles. The highest BCUT2D eigenvalue weighted by Crippen LogP contribution is 2.03. The second-order valence-electron chi connectivity index (χ2n) is 4.70. The van der Waals surface area contributed by atoms with Crippen molar-refractivity contribution in [3.8, 4) is 0 Å². The zero-order chi connectivity index (χ0) is 13.4. The van der Waals surface area contributed by atoms with E-state index >= 15 is 0 Å². The van der Waals surface area contributed by atoms with Crippen molar-refractivity contribution >= 4 is 5.97 Å². The molecule has 0 N–H and O–H groups in total. The second kappa shape index (κ2) is 7.52. The summed E-state index contributed by atoms with van der Waals surface area (Å²) in [5.41, 5.74) is 4.65. The summed E-state index contributed by atoms with van der Waals surface area (Å²) in [6.45, 7) is 6.52. The predicted molar refractivity (Wildman–Crippen MR) is 73.4 cm³/mol. The summed E-state index contributed by atoms with van der Waals surface area (Å²) < 4.78 is 5.19. The number of rotatable bonds is 5. The maximum atomic E-state index is 11.7. The largest absolute Gasteiger partial charge is 0.457 e. The van der Waals surface area contributed by atoms with E-state index in [1.54, 1.807) is 12.1 Å². The van der Waals surface area contributed by atoms with Crippen LogP contribution >= 0.6 is 0 Å². The van der Waals surface area contributed by atoms with Gasteiger partial charge in [0, 0.05) is 5.57 Å². The van der Waals surface area contributed by atoms with Crippen molar-refractivity contribution in [3.63, 3.8) is 0 Å². The van der Waals surface area contributed by atoms with Crippen LogP contribution in [0, 0.1) is 5.92 Å². The summed E-state index contributed by atoms with van der Waals surface area (Å²) in [6.07, 6.45) is 2.99. The molecule has 0 saturated carbocycles. The average molecular weight is 244 g/mol. The summed E-state index contributed by atoms with van der Waals surface area (Å²) in [4.78, 5) is 11.7. The first-order valence-electron chi connectivity index (χ1n) is 6.22. The summed E-state index contributed by atoms with van der Waals surface area (Å²) in [7, 11) is 0. The minimum atomic E-state index is -0.291. The van der Waals surface area contributed by atoms with Gasteiger partial charge in [0.05, 0.1) is 5.56 Å². The molecule has 1 aromatic carbocycles. The summed E-state index contributed by atoms with van der Waals surface area (Å²) in [5.74, 6) is 0.331. The molecule has 0 spiro atoms. The molecule has 1 rings (SSSR count). The molecular formula is C16H20O2. The lowest BCUT2D eigenvalue weighted by Gasteiger charge is -2.03. The van der Waals surface area contributed by atoms with Crippen LogP contribution in [0.15, 0.2) is 47.7 Å². The van der Waals surface area contributed by atoms with Crippen LogP contribution in [0.2, 0.25) is 0 Å². The van der Waals surface area contributed by atoms with Crippen LogP contribution in [0.4, 0.5) is 0 Å². The van der Waals surface area contributed by atoms with Gasteiger partial charge >= 0.3 is 5.97 Å². The predicted octanol–water partition coefficient (Wildman–Crippen LogP) is 3.99. The minimum Gasteiger partial charge on any atom is -0.457 e. The fourth-order valence-electron chi connectivity index (χ4n) is 1.34. The van der Waals surface area contributed by atoms with Crippen LogP contribution in [0.3, 0.4) is 0 Å². The highest BCUT2D eigenvalue weighted by Gasteiger charge is 2.05. The number of esters is 1. The van der Waals surface area contributed by atoms with Crippen molar-refractivity contribution in [3.05, 3.63) is 53.3 Å². The lowest BCUT2D eigenvalue weighted by Crippen LogP contribution is -2.06. The number of carbonyl (C=O) groups is 1. The van der Waals surface area contributed by atoms with Gasteiger partial charge in [-0.3, -0.25) is 0 Å². The Labute approximate surface area is 109 Å². The van der Waals surface area contributed by atoms with Crippen molar-refractivity contribution in [1.29, 1.82) is 0 Å². The van der Waals surface area contributed by atoms with Crippen LogP contribution in [-0.4, -0.2) is 12.6 Å². The van der Waals surface area contributed by atoms with Gasteiger partial charge in [-0.1, -0.05) is 32.0 Å². The van der Waals surface area contributed by atoms with Crippen LogP contribution in [0.5, 0.6) is 0 Å². The van der Waals surface area contributed by atoms with Crippen LogP contribution in [0.25, 0.3) is 0 Å². The molecule has 0 aromatic heterocycles.